The van der Waals surface area contributed by atoms with E-state index in [-0.39, 0.29) is 5.17 Å². The summed E-state index contributed by atoms with van der Waals surface area (Å²) in [5.74, 6) is 0.639. The Morgan fingerprint density at radius 2 is 2.17 bits per heavy atom. The number of benzene rings is 1. The Morgan fingerprint density at radius 1 is 1.39 bits per heavy atom. The molecule has 0 aliphatic carbocycles. The van der Waals surface area contributed by atoms with Gasteiger partial charge in [0.2, 0.25) is 0 Å². The van der Waals surface area contributed by atoms with Crippen molar-refractivity contribution in [2.24, 2.45) is 10.2 Å². The number of hydrogen-bond acceptors (Lipinski definition) is 6. The van der Waals surface area contributed by atoms with Crippen LogP contribution in [0, 0.1) is 0 Å². The van der Waals surface area contributed by atoms with Gasteiger partial charge in [-0.05, 0) is 22.5 Å². The maximum absolute atomic E-state index is 6.08. The largest absolute Gasteiger partial charge is 0.496 e. The first-order valence-electron chi connectivity index (χ1n) is 4.74. The molecule has 1 aromatic heterocycles. The zero-order valence-electron chi connectivity index (χ0n) is 9.13. The standard InChI is InChI=1S/C10H7Cl2N3OS2/c1-16-7-5-3-2-4-6(7)8(11)13-14-10-9(12)15-18-17-10/h2-5H,1H3/b13-8-,14-10-. The number of methoxy groups -OCH3 is 1. The smallest absolute Gasteiger partial charge is 0.188 e. The molecular formula is C10H7Cl2N3OS2. The molecule has 2 aromatic rings. The zero-order valence-corrected chi connectivity index (χ0v) is 12.3. The molecule has 1 heterocycles. The molecule has 0 unspecified atom stereocenters. The highest BCUT2D eigenvalue weighted by Crippen LogP contribution is 2.20. The lowest BCUT2D eigenvalue weighted by atomic mass is 10.2. The van der Waals surface area contributed by atoms with Gasteiger partial charge in [-0.3, -0.25) is 0 Å². The summed E-state index contributed by atoms with van der Waals surface area (Å²) in [6.45, 7) is 0. The van der Waals surface area contributed by atoms with Gasteiger partial charge in [0.25, 0.3) is 0 Å². The van der Waals surface area contributed by atoms with Gasteiger partial charge in [0, 0.05) is 10.5 Å². The Hall–Kier alpha value is -0.950. The van der Waals surface area contributed by atoms with Crippen molar-refractivity contribution in [3.63, 3.8) is 0 Å². The SMILES string of the molecule is COc1ccccc1/C(Cl)=N/N=c1\ssnc1Cl. The summed E-state index contributed by atoms with van der Waals surface area (Å²) in [6.07, 6.45) is 0. The number of rotatable bonds is 3. The molecule has 0 fully saturated rings. The molecule has 0 saturated heterocycles. The van der Waals surface area contributed by atoms with Gasteiger partial charge in [0.05, 0.1) is 12.7 Å². The molecule has 0 amide bonds. The molecule has 0 aliphatic heterocycles. The number of ether oxygens (including phenoxy) is 1. The lowest BCUT2D eigenvalue weighted by molar-refractivity contribution is 0.414. The van der Waals surface area contributed by atoms with Crippen molar-refractivity contribution in [2.45, 2.75) is 0 Å². The summed E-state index contributed by atoms with van der Waals surface area (Å²) >= 11 is 11.9. The number of aromatic nitrogens is 1. The van der Waals surface area contributed by atoms with Crippen molar-refractivity contribution in [2.75, 3.05) is 7.11 Å². The monoisotopic (exact) mass is 319 g/mol. The van der Waals surface area contributed by atoms with Gasteiger partial charge in [-0.1, -0.05) is 35.3 Å². The van der Waals surface area contributed by atoms with E-state index in [9.17, 15) is 0 Å². The lowest BCUT2D eigenvalue weighted by Crippen LogP contribution is -1.98. The van der Waals surface area contributed by atoms with Crippen molar-refractivity contribution >= 4 is 49.2 Å². The van der Waals surface area contributed by atoms with Crippen molar-refractivity contribution in [1.29, 1.82) is 0 Å². The number of halogens is 2. The number of hydrogen-bond donors (Lipinski definition) is 0. The zero-order chi connectivity index (χ0) is 13.0. The van der Waals surface area contributed by atoms with Gasteiger partial charge in [-0.2, -0.15) is 4.37 Å². The van der Waals surface area contributed by atoms with Gasteiger partial charge in [0.15, 0.2) is 15.0 Å². The summed E-state index contributed by atoms with van der Waals surface area (Å²) in [7, 11) is 4.15. The second kappa shape index (κ2) is 6.29. The quantitative estimate of drug-likeness (QED) is 0.494. The fourth-order valence-corrected chi connectivity index (χ4v) is 3.28. The Morgan fingerprint density at radius 3 is 2.83 bits per heavy atom. The molecule has 1 aromatic carbocycles. The molecule has 0 atom stereocenters. The highest BCUT2D eigenvalue weighted by molar-refractivity contribution is 7.66. The van der Waals surface area contributed by atoms with Crippen LogP contribution in [0.3, 0.4) is 0 Å². The minimum Gasteiger partial charge on any atom is -0.496 e. The molecule has 0 N–H and O–H groups in total. The number of nitrogens with zero attached hydrogens (tertiary/aromatic N) is 3. The third-order valence-electron chi connectivity index (χ3n) is 1.97. The second-order valence-corrected chi connectivity index (χ2v) is 5.58. The van der Waals surface area contributed by atoms with Crippen molar-refractivity contribution in [1.82, 2.24) is 4.37 Å². The topological polar surface area (TPSA) is 46.8 Å². The Balaban J connectivity index is 2.37. The molecular weight excluding hydrogens is 313 g/mol. The average Bonchev–Trinajstić information content (AvgIpc) is 2.81. The van der Waals surface area contributed by atoms with E-state index in [4.69, 9.17) is 27.9 Å². The van der Waals surface area contributed by atoms with Crippen LogP contribution < -0.4 is 9.41 Å². The Labute approximate surface area is 121 Å². The van der Waals surface area contributed by atoms with Crippen molar-refractivity contribution < 1.29 is 4.74 Å². The van der Waals surface area contributed by atoms with E-state index in [1.165, 1.54) is 20.9 Å². The van der Waals surface area contributed by atoms with Crippen LogP contribution in [0.5, 0.6) is 5.75 Å². The van der Waals surface area contributed by atoms with E-state index in [1.54, 1.807) is 19.2 Å². The molecule has 0 bridgehead atoms. The maximum Gasteiger partial charge on any atom is 0.188 e. The summed E-state index contributed by atoms with van der Waals surface area (Å²) in [5.41, 5.74) is 0.676. The minimum absolute atomic E-state index is 0.238. The fourth-order valence-electron chi connectivity index (χ4n) is 1.18. The van der Waals surface area contributed by atoms with E-state index in [1.807, 2.05) is 12.1 Å². The van der Waals surface area contributed by atoms with Crippen LogP contribution >= 0.6 is 44.1 Å². The first kappa shape index (κ1) is 13.5. The van der Waals surface area contributed by atoms with Crippen LogP contribution in [-0.2, 0) is 0 Å². The van der Waals surface area contributed by atoms with Crippen molar-refractivity contribution in [3.8, 4) is 5.75 Å². The molecule has 94 valence electrons. The van der Waals surface area contributed by atoms with Crippen LogP contribution in [0.15, 0.2) is 34.5 Å². The first-order chi connectivity index (χ1) is 8.72. The second-order valence-electron chi connectivity index (χ2n) is 3.04. The fraction of sp³-hybridized carbons (Fsp3) is 0.100. The summed E-state index contributed by atoms with van der Waals surface area (Å²) in [6, 6.07) is 7.30. The molecule has 0 radical (unpaired) electrons. The van der Waals surface area contributed by atoms with Gasteiger partial charge in [-0.25, -0.2) is 0 Å². The van der Waals surface area contributed by atoms with Crippen LogP contribution in [0.1, 0.15) is 5.56 Å². The predicted molar refractivity (Wildman–Crippen MR) is 75.9 cm³/mol. The van der Waals surface area contributed by atoms with E-state index >= 15 is 0 Å². The first-order valence-corrected chi connectivity index (χ1v) is 7.60. The molecule has 0 aliphatic rings. The molecule has 8 heteroatoms. The van der Waals surface area contributed by atoms with Crippen LogP contribution in [0.25, 0.3) is 0 Å². The van der Waals surface area contributed by atoms with Gasteiger partial charge in [-0.15, -0.1) is 10.2 Å². The van der Waals surface area contributed by atoms with Crippen LogP contribution in [0.4, 0.5) is 0 Å². The predicted octanol–water partition coefficient (Wildman–Crippen LogP) is 3.37. The molecule has 2 rings (SSSR count). The molecule has 18 heavy (non-hydrogen) atoms. The summed E-state index contributed by atoms with van der Waals surface area (Å²) in [5, 5.41) is 8.45. The third-order valence-corrected chi connectivity index (χ3v) is 4.41. The van der Waals surface area contributed by atoms with E-state index < -0.39 is 0 Å². The van der Waals surface area contributed by atoms with Gasteiger partial charge >= 0.3 is 0 Å². The summed E-state index contributed by atoms with van der Waals surface area (Å²) in [4.78, 5) is 0. The third kappa shape index (κ3) is 3.08. The van der Waals surface area contributed by atoms with E-state index in [2.05, 4.69) is 14.6 Å². The number of para-hydroxylation sites is 1. The molecule has 4 nitrogen and oxygen atoms in total. The van der Waals surface area contributed by atoms with E-state index in [0.717, 1.165) is 0 Å². The van der Waals surface area contributed by atoms with Crippen molar-refractivity contribution in [3.05, 3.63) is 39.7 Å². The molecule has 0 saturated carbocycles. The highest BCUT2D eigenvalue weighted by atomic mass is 35.5. The summed E-state index contributed by atoms with van der Waals surface area (Å²) < 4.78 is 9.62. The Bertz CT molecular complexity index is 636. The minimum atomic E-state index is 0.238. The highest BCUT2D eigenvalue weighted by Gasteiger charge is 2.06. The maximum atomic E-state index is 6.08. The van der Waals surface area contributed by atoms with Crippen LogP contribution in [0.2, 0.25) is 5.15 Å². The Kier molecular flexibility index (Phi) is 4.71. The lowest BCUT2D eigenvalue weighted by Gasteiger charge is -2.04. The normalized spacial score (nSPS) is 12.8. The average molecular weight is 320 g/mol. The van der Waals surface area contributed by atoms with Gasteiger partial charge < -0.3 is 4.74 Å². The van der Waals surface area contributed by atoms with Gasteiger partial charge in [0.1, 0.15) is 5.75 Å². The van der Waals surface area contributed by atoms with Crippen LogP contribution in [-0.4, -0.2) is 16.7 Å². The van der Waals surface area contributed by atoms with E-state index in [0.29, 0.717) is 21.1 Å². The molecule has 0 spiro atoms.